The van der Waals surface area contributed by atoms with Gasteiger partial charge in [-0.25, -0.2) is 4.39 Å². The minimum absolute atomic E-state index is 0.0209. The van der Waals surface area contributed by atoms with Gasteiger partial charge in [-0.3, -0.25) is 0 Å². The summed E-state index contributed by atoms with van der Waals surface area (Å²) < 4.78 is 19.7. The molecule has 2 atom stereocenters. The van der Waals surface area contributed by atoms with Crippen molar-refractivity contribution in [3.8, 4) is 0 Å². The number of hydrogen-bond acceptors (Lipinski definition) is 2. The molecule has 0 heterocycles. The van der Waals surface area contributed by atoms with Crippen molar-refractivity contribution < 1.29 is 9.13 Å². The van der Waals surface area contributed by atoms with Crippen LogP contribution in [0.2, 0.25) is 0 Å². The molecule has 0 amide bonds. The molecule has 1 rings (SSSR count). The highest BCUT2D eigenvalue weighted by Gasteiger charge is 2.18. The van der Waals surface area contributed by atoms with Gasteiger partial charge in [0.2, 0.25) is 0 Å². The van der Waals surface area contributed by atoms with Crippen LogP contribution in [0.25, 0.3) is 0 Å². The molecule has 1 aromatic carbocycles. The van der Waals surface area contributed by atoms with Crippen LogP contribution < -0.4 is 5.32 Å². The normalized spacial score (nSPS) is 14.6. The lowest BCUT2D eigenvalue weighted by atomic mass is 10.0. The molecule has 0 bridgehead atoms. The molecule has 1 N–H and O–H groups in total. The second-order valence-electron chi connectivity index (χ2n) is 4.04. The summed E-state index contributed by atoms with van der Waals surface area (Å²) in [7, 11) is 1.67. The molecule has 0 spiro atoms. The first-order chi connectivity index (χ1) is 8.10. The number of benzene rings is 1. The highest BCUT2D eigenvalue weighted by molar-refractivity contribution is 9.10. The third-order valence-electron chi connectivity index (χ3n) is 2.78. The molecule has 0 fully saturated rings. The molecule has 0 saturated carbocycles. The fourth-order valence-corrected chi connectivity index (χ4v) is 2.17. The van der Waals surface area contributed by atoms with Gasteiger partial charge in [-0.2, -0.15) is 0 Å². The van der Waals surface area contributed by atoms with Crippen LogP contribution in [0.15, 0.2) is 22.7 Å². The first-order valence-corrected chi connectivity index (χ1v) is 6.59. The van der Waals surface area contributed by atoms with E-state index in [0.29, 0.717) is 10.0 Å². The lowest BCUT2D eigenvalue weighted by molar-refractivity contribution is 0.100. The number of nitrogens with one attached hydrogen (secondary N) is 1. The number of hydrogen-bond donors (Lipinski definition) is 1. The van der Waals surface area contributed by atoms with Crippen molar-refractivity contribution in [3.63, 3.8) is 0 Å². The molecule has 0 aromatic heterocycles. The monoisotopic (exact) mass is 303 g/mol. The van der Waals surface area contributed by atoms with Gasteiger partial charge in [0, 0.05) is 18.7 Å². The van der Waals surface area contributed by atoms with Gasteiger partial charge in [-0.1, -0.05) is 19.1 Å². The average Bonchev–Trinajstić information content (AvgIpc) is 2.32. The largest absolute Gasteiger partial charge is 0.382 e. The minimum Gasteiger partial charge on any atom is -0.382 e. The van der Waals surface area contributed by atoms with E-state index in [9.17, 15) is 4.39 Å². The topological polar surface area (TPSA) is 21.3 Å². The summed E-state index contributed by atoms with van der Waals surface area (Å²) >= 11 is 3.21. The Kier molecular flexibility index (Phi) is 6.09. The molecule has 2 unspecified atom stereocenters. The van der Waals surface area contributed by atoms with E-state index >= 15 is 0 Å². The summed E-state index contributed by atoms with van der Waals surface area (Å²) in [4.78, 5) is 0. The molecule has 0 saturated heterocycles. The van der Waals surface area contributed by atoms with Gasteiger partial charge in [0.05, 0.1) is 10.6 Å². The zero-order valence-corrected chi connectivity index (χ0v) is 12.1. The van der Waals surface area contributed by atoms with Crippen LogP contribution >= 0.6 is 15.9 Å². The summed E-state index contributed by atoms with van der Waals surface area (Å²) in [5.74, 6) is -0.193. The Balaban J connectivity index is 2.92. The quantitative estimate of drug-likeness (QED) is 0.866. The predicted molar refractivity (Wildman–Crippen MR) is 71.6 cm³/mol. The number of methoxy groups -OCH3 is 1. The van der Waals surface area contributed by atoms with Gasteiger partial charge >= 0.3 is 0 Å². The van der Waals surface area contributed by atoms with Gasteiger partial charge in [-0.05, 0) is 41.9 Å². The Hall–Kier alpha value is -0.450. The van der Waals surface area contributed by atoms with Crippen molar-refractivity contribution in [2.75, 3.05) is 13.7 Å². The third-order valence-corrected chi connectivity index (χ3v) is 3.39. The van der Waals surface area contributed by atoms with E-state index in [0.717, 1.165) is 13.0 Å². The fraction of sp³-hybridized carbons (Fsp3) is 0.538. The van der Waals surface area contributed by atoms with E-state index in [1.165, 1.54) is 0 Å². The van der Waals surface area contributed by atoms with Crippen LogP contribution in [0.1, 0.15) is 31.9 Å². The SMILES string of the molecule is CCNC(CC(C)OC)c1cccc(Br)c1F. The molecular formula is C13H19BrFNO. The van der Waals surface area contributed by atoms with Crippen molar-refractivity contribution in [1.82, 2.24) is 5.32 Å². The Morgan fingerprint density at radius 1 is 1.47 bits per heavy atom. The first-order valence-electron chi connectivity index (χ1n) is 5.80. The van der Waals surface area contributed by atoms with E-state index in [2.05, 4.69) is 21.2 Å². The molecule has 0 aliphatic rings. The van der Waals surface area contributed by atoms with Crippen LogP contribution in [0.4, 0.5) is 4.39 Å². The summed E-state index contributed by atoms with van der Waals surface area (Å²) in [6.07, 6.45) is 0.843. The first kappa shape index (κ1) is 14.6. The summed E-state index contributed by atoms with van der Waals surface area (Å²) in [5, 5.41) is 3.29. The highest BCUT2D eigenvalue weighted by atomic mass is 79.9. The summed E-state index contributed by atoms with van der Waals surface area (Å²) in [6.45, 7) is 4.80. The van der Waals surface area contributed by atoms with Crippen LogP contribution in [-0.4, -0.2) is 19.8 Å². The van der Waals surface area contributed by atoms with Gasteiger partial charge in [0.15, 0.2) is 0 Å². The lowest BCUT2D eigenvalue weighted by Crippen LogP contribution is -2.26. The second-order valence-corrected chi connectivity index (χ2v) is 4.89. The molecule has 0 aliphatic carbocycles. The number of rotatable bonds is 6. The standard InChI is InChI=1S/C13H19BrFNO/c1-4-16-12(8-9(2)17-3)10-6-5-7-11(14)13(10)15/h5-7,9,12,16H,4,8H2,1-3H3. The van der Waals surface area contributed by atoms with Crippen molar-refractivity contribution in [2.24, 2.45) is 0 Å². The number of halogens is 2. The zero-order chi connectivity index (χ0) is 12.8. The lowest BCUT2D eigenvalue weighted by Gasteiger charge is -2.22. The molecule has 96 valence electrons. The van der Waals surface area contributed by atoms with E-state index in [1.807, 2.05) is 26.0 Å². The maximum atomic E-state index is 14.0. The Morgan fingerprint density at radius 3 is 2.76 bits per heavy atom. The van der Waals surface area contributed by atoms with Crippen molar-refractivity contribution in [1.29, 1.82) is 0 Å². The molecule has 0 aliphatic heterocycles. The smallest absolute Gasteiger partial charge is 0.142 e. The van der Waals surface area contributed by atoms with Crippen LogP contribution in [0.5, 0.6) is 0 Å². The van der Waals surface area contributed by atoms with E-state index in [1.54, 1.807) is 13.2 Å². The van der Waals surface area contributed by atoms with E-state index in [-0.39, 0.29) is 18.0 Å². The second kappa shape index (κ2) is 7.09. The average molecular weight is 304 g/mol. The van der Waals surface area contributed by atoms with Gasteiger partial charge in [0.1, 0.15) is 5.82 Å². The third kappa shape index (κ3) is 4.05. The van der Waals surface area contributed by atoms with Crippen LogP contribution in [0.3, 0.4) is 0 Å². The summed E-state index contributed by atoms with van der Waals surface area (Å²) in [6, 6.07) is 5.36. The molecule has 0 radical (unpaired) electrons. The minimum atomic E-state index is -0.193. The van der Waals surface area contributed by atoms with Crippen LogP contribution in [0, 0.1) is 5.82 Å². The highest BCUT2D eigenvalue weighted by Crippen LogP contribution is 2.26. The molecule has 1 aromatic rings. The Labute approximate surface area is 111 Å². The van der Waals surface area contributed by atoms with Gasteiger partial charge in [-0.15, -0.1) is 0 Å². The molecule has 2 nitrogen and oxygen atoms in total. The van der Waals surface area contributed by atoms with Crippen molar-refractivity contribution in [2.45, 2.75) is 32.4 Å². The molecular weight excluding hydrogens is 285 g/mol. The molecule has 17 heavy (non-hydrogen) atoms. The summed E-state index contributed by atoms with van der Waals surface area (Å²) in [5.41, 5.74) is 0.685. The van der Waals surface area contributed by atoms with Crippen molar-refractivity contribution >= 4 is 15.9 Å². The van der Waals surface area contributed by atoms with E-state index < -0.39 is 0 Å². The Morgan fingerprint density at radius 2 is 2.18 bits per heavy atom. The maximum absolute atomic E-state index is 14.0. The van der Waals surface area contributed by atoms with Crippen molar-refractivity contribution in [3.05, 3.63) is 34.1 Å². The fourth-order valence-electron chi connectivity index (χ4n) is 1.78. The predicted octanol–water partition coefficient (Wildman–Crippen LogP) is 3.66. The van der Waals surface area contributed by atoms with E-state index in [4.69, 9.17) is 4.74 Å². The van der Waals surface area contributed by atoms with Gasteiger partial charge < -0.3 is 10.1 Å². The number of ether oxygens (including phenoxy) is 1. The van der Waals surface area contributed by atoms with Crippen LogP contribution in [-0.2, 0) is 4.74 Å². The zero-order valence-electron chi connectivity index (χ0n) is 10.5. The Bertz CT molecular complexity index is 359. The molecule has 4 heteroatoms. The maximum Gasteiger partial charge on any atom is 0.142 e. The van der Waals surface area contributed by atoms with Gasteiger partial charge in [0.25, 0.3) is 0 Å².